The number of fused-ring (bicyclic) bond motifs is 1. The van der Waals surface area contributed by atoms with Gasteiger partial charge in [-0.05, 0) is 50.7 Å². The molecule has 1 aromatic carbocycles. The Morgan fingerprint density at radius 2 is 1.87 bits per heavy atom. The van der Waals surface area contributed by atoms with Gasteiger partial charge in [-0.25, -0.2) is 0 Å². The summed E-state index contributed by atoms with van der Waals surface area (Å²) in [6.45, 7) is 2.01. The van der Waals surface area contributed by atoms with Gasteiger partial charge in [-0.2, -0.15) is 0 Å². The Kier molecular flexibility index (Phi) is 3.77. The van der Waals surface area contributed by atoms with Crippen molar-refractivity contribution in [2.24, 2.45) is 0 Å². The normalized spacial score (nSPS) is 25.3. The second kappa shape index (κ2) is 5.93. The standard InChI is InChI=1S/C19H23N3O/c1-21-12-4-8-16(21)17-9-5-13-22(17)19(23)18-15-7-3-2-6-14(15)10-11-20-18/h2-3,6-7,10-11,16-17H,4-5,8-9,12-13H2,1H3/t16-,17+/m1/s1. The summed E-state index contributed by atoms with van der Waals surface area (Å²) in [6.07, 6.45) is 6.42. The Balaban J connectivity index is 1.67. The summed E-state index contributed by atoms with van der Waals surface area (Å²) in [5.41, 5.74) is 0.607. The zero-order valence-corrected chi connectivity index (χ0v) is 13.6. The Hall–Kier alpha value is -1.94. The molecule has 2 aliphatic heterocycles. The molecule has 2 saturated heterocycles. The number of nitrogens with zero attached hydrogens (tertiary/aromatic N) is 3. The molecule has 0 radical (unpaired) electrons. The first-order valence-corrected chi connectivity index (χ1v) is 8.60. The molecule has 4 rings (SSSR count). The molecule has 1 aromatic heterocycles. The number of carbonyl (C=O) groups excluding carboxylic acids is 1. The lowest BCUT2D eigenvalue weighted by Gasteiger charge is -2.33. The average Bonchev–Trinajstić information content (AvgIpc) is 3.22. The molecule has 0 saturated carbocycles. The number of likely N-dealkylation sites (N-methyl/N-ethyl adjacent to an activating group) is 1. The van der Waals surface area contributed by atoms with Crippen molar-refractivity contribution in [1.82, 2.24) is 14.8 Å². The van der Waals surface area contributed by atoms with Gasteiger partial charge in [0.05, 0.1) is 0 Å². The highest BCUT2D eigenvalue weighted by atomic mass is 16.2. The van der Waals surface area contributed by atoms with Crippen LogP contribution in [-0.4, -0.2) is 52.9 Å². The average molecular weight is 309 g/mol. The molecule has 0 unspecified atom stereocenters. The smallest absolute Gasteiger partial charge is 0.273 e. The first kappa shape index (κ1) is 14.6. The highest BCUT2D eigenvalue weighted by Gasteiger charge is 2.39. The van der Waals surface area contributed by atoms with Crippen LogP contribution < -0.4 is 0 Å². The van der Waals surface area contributed by atoms with Gasteiger partial charge in [0.25, 0.3) is 5.91 Å². The monoisotopic (exact) mass is 309 g/mol. The van der Waals surface area contributed by atoms with E-state index in [1.165, 1.54) is 12.8 Å². The Morgan fingerprint density at radius 3 is 2.70 bits per heavy atom. The lowest BCUT2D eigenvalue weighted by atomic mass is 10.0. The predicted octanol–water partition coefficient (Wildman–Crippen LogP) is 2.93. The van der Waals surface area contributed by atoms with E-state index in [-0.39, 0.29) is 5.91 Å². The second-order valence-electron chi connectivity index (χ2n) is 6.78. The van der Waals surface area contributed by atoms with Crippen LogP contribution in [0, 0.1) is 0 Å². The zero-order chi connectivity index (χ0) is 15.8. The van der Waals surface area contributed by atoms with Crippen LogP contribution in [0.1, 0.15) is 36.2 Å². The van der Waals surface area contributed by atoms with Crippen molar-refractivity contribution >= 4 is 16.7 Å². The van der Waals surface area contributed by atoms with E-state index in [2.05, 4.69) is 21.8 Å². The van der Waals surface area contributed by atoms with Gasteiger partial charge >= 0.3 is 0 Å². The van der Waals surface area contributed by atoms with E-state index in [4.69, 9.17) is 0 Å². The van der Waals surface area contributed by atoms with Crippen molar-refractivity contribution < 1.29 is 4.79 Å². The molecular formula is C19H23N3O. The fourth-order valence-corrected chi connectivity index (χ4v) is 4.29. The van der Waals surface area contributed by atoms with Crippen molar-refractivity contribution in [2.45, 2.75) is 37.8 Å². The van der Waals surface area contributed by atoms with E-state index in [0.717, 1.165) is 36.7 Å². The number of benzene rings is 1. The minimum atomic E-state index is 0.101. The van der Waals surface area contributed by atoms with Crippen molar-refractivity contribution in [3.8, 4) is 0 Å². The SMILES string of the molecule is CN1CCC[C@@H]1[C@@H]1CCCN1C(=O)c1nccc2ccccc12. The molecule has 2 atom stereocenters. The van der Waals surface area contributed by atoms with Gasteiger partial charge < -0.3 is 9.80 Å². The third-order valence-corrected chi connectivity index (χ3v) is 5.46. The minimum Gasteiger partial charge on any atom is -0.333 e. The Bertz CT molecular complexity index is 724. The summed E-state index contributed by atoms with van der Waals surface area (Å²) < 4.78 is 0. The van der Waals surface area contributed by atoms with Gasteiger partial charge in [-0.15, -0.1) is 0 Å². The number of pyridine rings is 1. The van der Waals surface area contributed by atoms with Gasteiger partial charge in [-0.1, -0.05) is 24.3 Å². The van der Waals surface area contributed by atoms with Gasteiger partial charge in [0.1, 0.15) is 5.69 Å². The minimum absolute atomic E-state index is 0.101. The molecule has 2 fully saturated rings. The molecule has 2 aromatic rings. The summed E-state index contributed by atoms with van der Waals surface area (Å²) in [4.78, 5) is 22.1. The highest BCUT2D eigenvalue weighted by Crippen LogP contribution is 2.30. The molecule has 4 nitrogen and oxygen atoms in total. The summed E-state index contributed by atoms with van der Waals surface area (Å²) in [6, 6.07) is 10.9. The van der Waals surface area contributed by atoms with E-state index in [0.29, 0.717) is 17.8 Å². The molecule has 0 bridgehead atoms. The maximum atomic E-state index is 13.2. The van der Waals surface area contributed by atoms with Crippen molar-refractivity contribution in [2.75, 3.05) is 20.1 Å². The predicted molar refractivity (Wildman–Crippen MR) is 91.5 cm³/mol. The summed E-state index contributed by atoms with van der Waals surface area (Å²) in [5, 5.41) is 2.05. The highest BCUT2D eigenvalue weighted by molar-refractivity contribution is 6.05. The molecular weight excluding hydrogens is 286 g/mol. The maximum Gasteiger partial charge on any atom is 0.273 e. The zero-order valence-electron chi connectivity index (χ0n) is 13.6. The van der Waals surface area contributed by atoms with Crippen LogP contribution in [-0.2, 0) is 0 Å². The molecule has 4 heteroatoms. The molecule has 0 spiro atoms. The lowest BCUT2D eigenvalue weighted by molar-refractivity contribution is 0.0661. The van der Waals surface area contributed by atoms with Crippen LogP contribution in [0.2, 0.25) is 0 Å². The molecule has 3 heterocycles. The number of rotatable bonds is 2. The van der Waals surface area contributed by atoms with Gasteiger partial charge in [0, 0.05) is 30.2 Å². The fourth-order valence-electron chi connectivity index (χ4n) is 4.29. The Morgan fingerprint density at radius 1 is 1.09 bits per heavy atom. The Labute approximate surface area is 137 Å². The fraction of sp³-hybridized carbons (Fsp3) is 0.474. The van der Waals surface area contributed by atoms with E-state index >= 15 is 0 Å². The van der Waals surface area contributed by atoms with E-state index < -0.39 is 0 Å². The molecule has 0 N–H and O–H groups in total. The van der Waals surface area contributed by atoms with E-state index in [1.54, 1.807) is 6.20 Å². The van der Waals surface area contributed by atoms with Crippen LogP contribution in [0.25, 0.3) is 10.8 Å². The van der Waals surface area contributed by atoms with Crippen molar-refractivity contribution in [3.63, 3.8) is 0 Å². The molecule has 120 valence electrons. The van der Waals surface area contributed by atoms with E-state index in [9.17, 15) is 4.79 Å². The first-order valence-electron chi connectivity index (χ1n) is 8.60. The van der Waals surface area contributed by atoms with Crippen LogP contribution in [0.3, 0.4) is 0 Å². The van der Waals surface area contributed by atoms with Crippen LogP contribution in [0.5, 0.6) is 0 Å². The summed E-state index contributed by atoms with van der Waals surface area (Å²) in [5.74, 6) is 0.101. The largest absolute Gasteiger partial charge is 0.333 e. The van der Waals surface area contributed by atoms with Crippen LogP contribution >= 0.6 is 0 Å². The molecule has 1 amide bonds. The van der Waals surface area contributed by atoms with Crippen molar-refractivity contribution in [3.05, 3.63) is 42.2 Å². The number of aromatic nitrogens is 1. The van der Waals surface area contributed by atoms with Gasteiger partial charge in [0.15, 0.2) is 0 Å². The summed E-state index contributed by atoms with van der Waals surface area (Å²) >= 11 is 0. The number of amides is 1. The topological polar surface area (TPSA) is 36.4 Å². The third kappa shape index (κ3) is 2.51. The summed E-state index contributed by atoms with van der Waals surface area (Å²) in [7, 11) is 2.19. The maximum absolute atomic E-state index is 13.2. The van der Waals surface area contributed by atoms with Gasteiger partial charge in [-0.3, -0.25) is 9.78 Å². The van der Waals surface area contributed by atoms with Crippen LogP contribution in [0.15, 0.2) is 36.5 Å². The number of carbonyl (C=O) groups is 1. The molecule has 0 aliphatic carbocycles. The molecule has 2 aliphatic rings. The number of hydrogen-bond acceptors (Lipinski definition) is 3. The number of hydrogen-bond donors (Lipinski definition) is 0. The number of likely N-dealkylation sites (tertiary alicyclic amines) is 2. The quantitative estimate of drug-likeness (QED) is 0.856. The van der Waals surface area contributed by atoms with Crippen molar-refractivity contribution in [1.29, 1.82) is 0 Å². The molecule has 23 heavy (non-hydrogen) atoms. The van der Waals surface area contributed by atoms with Gasteiger partial charge in [0.2, 0.25) is 0 Å². The van der Waals surface area contributed by atoms with Crippen LogP contribution in [0.4, 0.5) is 0 Å². The van der Waals surface area contributed by atoms with E-state index in [1.807, 2.05) is 30.3 Å². The first-order chi connectivity index (χ1) is 11.3. The second-order valence-corrected chi connectivity index (χ2v) is 6.78. The third-order valence-electron chi connectivity index (χ3n) is 5.46. The lowest BCUT2D eigenvalue weighted by Crippen LogP contribution is -2.47.